The number of carbonyl (C=O) groups excluding carboxylic acids is 1. The van der Waals surface area contributed by atoms with Crippen molar-refractivity contribution >= 4 is 5.97 Å². The predicted molar refractivity (Wildman–Crippen MR) is 64.0 cm³/mol. The average Bonchev–Trinajstić information content (AvgIpc) is 2.37. The van der Waals surface area contributed by atoms with Crippen LogP contribution < -0.4 is 4.74 Å². The van der Waals surface area contributed by atoms with E-state index in [1.165, 1.54) is 0 Å². The number of methoxy groups -OCH3 is 1. The van der Waals surface area contributed by atoms with Crippen LogP contribution in [-0.4, -0.2) is 32.4 Å². The summed E-state index contributed by atoms with van der Waals surface area (Å²) in [4.78, 5) is 11.2. The van der Waals surface area contributed by atoms with E-state index in [4.69, 9.17) is 14.2 Å². The minimum atomic E-state index is -0.368. The molecule has 4 heteroatoms. The van der Waals surface area contributed by atoms with E-state index in [1.54, 1.807) is 14.0 Å². The fourth-order valence-corrected chi connectivity index (χ4v) is 1.28. The van der Waals surface area contributed by atoms with Crippen molar-refractivity contribution in [2.24, 2.45) is 0 Å². The lowest BCUT2D eigenvalue weighted by Crippen LogP contribution is -2.29. The van der Waals surface area contributed by atoms with Crippen LogP contribution in [0, 0.1) is 0 Å². The Morgan fingerprint density at radius 2 is 1.94 bits per heavy atom. The molecule has 0 saturated carbocycles. The third kappa shape index (κ3) is 5.36. The fraction of sp³-hybridized carbons (Fsp3) is 0.462. The number of hydrogen-bond donors (Lipinski definition) is 0. The van der Waals surface area contributed by atoms with E-state index in [-0.39, 0.29) is 12.1 Å². The third-order valence-corrected chi connectivity index (χ3v) is 2.12. The number of para-hydroxylation sites is 1. The highest BCUT2D eigenvalue weighted by Gasteiger charge is 2.14. The number of benzene rings is 1. The van der Waals surface area contributed by atoms with Crippen LogP contribution in [0.25, 0.3) is 0 Å². The quantitative estimate of drug-likeness (QED) is 0.682. The van der Waals surface area contributed by atoms with Gasteiger partial charge in [-0.3, -0.25) is 4.79 Å². The van der Waals surface area contributed by atoms with Crippen molar-refractivity contribution < 1.29 is 19.0 Å². The summed E-state index contributed by atoms with van der Waals surface area (Å²) in [5.41, 5.74) is 0. The van der Waals surface area contributed by atoms with Crippen LogP contribution in [0.4, 0.5) is 0 Å². The van der Waals surface area contributed by atoms with Gasteiger partial charge >= 0.3 is 5.97 Å². The fourth-order valence-electron chi connectivity index (χ4n) is 1.28. The summed E-state index contributed by atoms with van der Waals surface area (Å²) >= 11 is 0. The first-order valence-electron chi connectivity index (χ1n) is 5.62. The van der Waals surface area contributed by atoms with E-state index in [9.17, 15) is 4.79 Å². The van der Waals surface area contributed by atoms with Gasteiger partial charge in [-0.05, 0) is 12.1 Å². The summed E-state index contributed by atoms with van der Waals surface area (Å²) in [5.74, 6) is 0.505. The first kappa shape index (κ1) is 13.5. The molecule has 94 valence electrons. The normalized spacial score (nSPS) is 11.9. The summed E-state index contributed by atoms with van der Waals surface area (Å²) < 4.78 is 15.7. The molecule has 0 radical (unpaired) electrons. The van der Waals surface area contributed by atoms with Crippen LogP contribution in [0.15, 0.2) is 30.3 Å². The number of ether oxygens (including phenoxy) is 3. The van der Waals surface area contributed by atoms with Gasteiger partial charge in [0.15, 0.2) is 6.10 Å². The molecule has 0 heterocycles. The van der Waals surface area contributed by atoms with E-state index in [0.717, 1.165) is 5.75 Å². The maximum absolute atomic E-state index is 11.2. The standard InChI is InChI=1S/C13H18O4/c1-3-13(14)17-12(9-15-2)10-16-11-7-5-4-6-8-11/h4-8,12H,3,9-10H2,1-2H3. The number of esters is 1. The predicted octanol–water partition coefficient (Wildman–Crippen LogP) is 2.03. The van der Waals surface area contributed by atoms with Gasteiger partial charge in [0.05, 0.1) is 6.61 Å². The van der Waals surface area contributed by atoms with Crippen LogP contribution in [-0.2, 0) is 14.3 Å². The lowest BCUT2D eigenvalue weighted by molar-refractivity contribution is -0.153. The molecule has 0 amide bonds. The second kappa shape index (κ2) is 7.68. The van der Waals surface area contributed by atoms with Gasteiger partial charge in [0.25, 0.3) is 0 Å². The number of hydrogen-bond acceptors (Lipinski definition) is 4. The highest BCUT2D eigenvalue weighted by atomic mass is 16.6. The maximum atomic E-state index is 11.2. The molecular weight excluding hydrogens is 220 g/mol. The van der Waals surface area contributed by atoms with E-state index >= 15 is 0 Å². The maximum Gasteiger partial charge on any atom is 0.305 e. The molecule has 1 unspecified atom stereocenters. The van der Waals surface area contributed by atoms with Crippen LogP contribution >= 0.6 is 0 Å². The molecule has 1 aromatic rings. The highest BCUT2D eigenvalue weighted by molar-refractivity contribution is 5.69. The van der Waals surface area contributed by atoms with Gasteiger partial charge in [-0.1, -0.05) is 25.1 Å². The molecule has 17 heavy (non-hydrogen) atoms. The molecular formula is C13H18O4. The summed E-state index contributed by atoms with van der Waals surface area (Å²) in [6, 6.07) is 9.39. The topological polar surface area (TPSA) is 44.8 Å². The zero-order valence-electron chi connectivity index (χ0n) is 10.2. The van der Waals surface area contributed by atoms with Crippen LogP contribution in [0.1, 0.15) is 13.3 Å². The Morgan fingerprint density at radius 1 is 1.24 bits per heavy atom. The van der Waals surface area contributed by atoms with Crippen molar-refractivity contribution in [1.29, 1.82) is 0 Å². The molecule has 0 N–H and O–H groups in total. The molecule has 4 nitrogen and oxygen atoms in total. The summed E-state index contributed by atoms with van der Waals surface area (Å²) in [6.45, 7) is 2.38. The van der Waals surface area contributed by atoms with Crippen molar-refractivity contribution in [2.75, 3.05) is 20.3 Å². The first-order valence-corrected chi connectivity index (χ1v) is 5.62. The van der Waals surface area contributed by atoms with Crippen molar-refractivity contribution in [3.05, 3.63) is 30.3 Å². The molecule has 0 fully saturated rings. The van der Waals surface area contributed by atoms with E-state index in [1.807, 2.05) is 30.3 Å². The van der Waals surface area contributed by atoms with Gasteiger partial charge in [0.2, 0.25) is 0 Å². The Labute approximate surface area is 101 Å². The average molecular weight is 238 g/mol. The minimum absolute atomic E-state index is 0.247. The lowest BCUT2D eigenvalue weighted by atomic mass is 10.3. The summed E-state index contributed by atoms with van der Waals surface area (Å²) in [5, 5.41) is 0. The van der Waals surface area contributed by atoms with Crippen LogP contribution in [0.3, 0.4) is 0 Å². The highest BCUT2D eigenvalue weighted by Crippen LogP contribution is 2.09. The Kier molecular flexibility index (Phi) is 6.10. The minimum Gasteiger partial charge on any atom is -0.490 e. The Hall–Kier alpha value is -1.55. The van der Waals surface area contributed by atoms with E-state index in [0.29, 0.717) is 19.6 Å². The Morgan fingerprint density at radius 3 is 2.53 bits per heavy atom. The third-order valence-electron chi connectivity index (χ3n) is 2.12. The van der Waals surface area contributed by atoms with Gasteiger partial charge in [-0.15, -0.1) is 0 Å². The van der Waals surface area contributed by atoms with E-state index < -0.39 is 0 Å². The number of carbonyl (C=O) groups is 1. The second-order valence-corrected chi connectivity index (χ2v) is 3.54. The van der Waals surface area contributed by atoms with Crippen molar-refractivity contribution in [1.82, 2.24) is 0 Å². The lowest BCUT2D eigenvalue weighted by Gasteiger charge is -2.17. The first-order chi connectivity index (χ1) is 8.26. The molecule has 0 aliphatic heterocycles. The van der Waals surface area contributed by atoms with Gasteiger partial charge in [-0.2, -0.15) is 0 Å². The molecule has 1 rings (SSSR count). The van der Waals surface area contributed by atoms with Gasteiger partial charge in [0, 0.05) is 13.5 Å². The molecule has 1 aromatic carbocycles. The zero-order valence-corrected chi connectivity index (χ0v) is 10.2. The molecule has 0 spiro atoms. The van der Waals surface area contributed by atoms with Crippen LogP contribution in [0.5, 0.6) is 5.75 Å². The molecule has 0 bridgehead atoms. The SMILES string of the molecule is CCC(=O)OC(COC)COc1ccccc1. The van der Waals surface area contributed by atoms with Gasteiger partial charge in [-0.25, -0.2) is 0 Å². The van der Waals surface area contributed by atoms with Crippen molar-refractivity contribution in [3.8, 4) is 5.75 Å². The summed E-state index contributed by atoms with van der Waals surface area (Å²) in [6.07, 6.45) is -0.0152. The van der Waals surface area contributed by atoms with Gasteiger partial charge in [0.1, 0.15) is 12.4 Å². The van der Waals surface area contributed by atoms with Crippen molar-refractivity contribution in [2.45, 2.75) is 19.4 Å². The monoisotopic (exact) mass is 238 g/mol. The molecule has 1 atom stereocenters. The second-order valence-electron chi connectivity index (χ2n) is 3.54. The molecule has 0 aliphatic carbocycles. The molecule has 0 aliphatic rings. The van der Waals surface area contributed by atoms with Crippen molar-refractivity contribution in [3.63, 3.8) is 0 Å². The zero-order chi connectivity index (χ0) is 12.5. The number of rotatable bonds is 7. The largest absolute Gasteiger partial charge is 0.490 e. The Balaban J connectivity index is 2.41. The smallest absolute Gasteiger partial charge is 0.305 e. The van der Waals surface area contributed by atoms with Gasteiger partial charge < -0.3 is 14.2 Å². The summed E-state index contributed by atoms with van der Waals surface area (Å²) in [7, 11) is 1.56. The van der Waals surface area contributed by atoms with Crippen LogP contribution in [0.2, 0.25) is 0 Å². The Bertz CT molecular complexity index is 323. The molecule has 0 aromatic heterocycles. The molecule has 0 saturated heterocycles. The van der Waals surface area contributed by atoms with E-state index in [2.05, 4.69) is 0 Å².